The van der Waals surface area contributed by atoms with E-state index in [0.29, 0.717) is 6.42 Å². The van der Waals surface area contributed by atoms with Gasteiger partial charge in [-0.05, 0) is 89.3 Å². The molecule has 1 heterocycles. The summed E-state index contributed by atoms with van der Waals surface area (Å²) in [5.74, 6) is 35.5. The summed E-state index contributed by atoms with van der Waals surface area (Å²) in [6.45, 7) is 3.53. The molecule has 1 aliphatic heterocycles. The van der Waals surface area contributed by atoms with Crippen LogP contribution in [0, 0.1) is 113 Å². The molecule has 0 aliphatic carbocycles. The van der Waals surface area contributed by atoms with Gasteiger partial charge in [-0.25, -0.2) is 0 Å². The summed E-state index contributed by atoms with van der Waals surface area (Å²) in [6.07, 6.45) is 5.37. The summed E-state index contributed by atoms with van der Waals surface area (Å²) < 4.78 is 4.60. The van der Waals surface area contributed by atoms with E-state index in [-0.39, 0.29) is 5.92 Å². The third-order valence-corrected chi connectivity index (χ3v) is 3.23. The summed E-state index contributed by atoms with van der Waals surface area (Å²) in [6, 6.07) is 0. The zero-order chi connectivity index (χ0) is 19.9. The van der Waals surface area contributed by atoms with Crippen LogP contribution in [0.25, 0.3) is 0 Å². The first-order chi connectivity index (χ1) is 13.1. The number of hydrogen-bond acceptors (Lipinski definition) is 3. The molecule has 0 radical (unpaired) electrons. The fourth-order valence-electron chi connectivity index (χ4n) is 1.92. The summed E-state index contributed by atoms with van der Waals surface area (Å²) in [4.78, 5) is 22.9. The second kappa shape index (κ2) is 12.0. The molecule has 0 aromatic carbocycles. The maximum Gasteiger partial charge on any atom is 0.317 e. The lowest BCUT2D eigenvalue weighted by Crippen LogP contribution is -2.17. The van der Waals surface area contributed by atoms with E-state index in [1.54, 1.807) is 6.92 Å². The maximum atomic E-state index is 11.6. The van der Waals surface area contributed by atoms with Crippen molar-refractivity contribution in [3.63, 3.8) is 0 Å². The Balaban J connectivity index is 2.48. The fraction of sp³-hybridized carbons (Fsp3) is 0.250. The molecule has 3 heteroatoms. The molecule has 27 heavy (non-hydrogen) atoms. The van der Waals surface area contributed by atoms with Gasteiger partial charge in [0.1, 0.15) is 0 Å². The lowest BCUT2D eigenvalue weighted by molar-refractivity contribution is -0.153. The Hall–Kier alpha value is -4.38. The molecule has 1 rings (SSSR count). The number of terminal acetylenes is 1. The Bertz CT molecular complexity index is 1100. The number of rotatable bonds is 2. The molecule has 0 amide bonds. The highest BCUT2D eigenvalue weighted by Gasteiger charge is 2.41. The first-order valence-electron chi connectivity index (χ1n) is 7.78. The fourth-order valence-corrected chi connectivity index (χ4v) is 1.92. The summed E-state index contributed by atoms with van der Waals surface area (Å²) in [7, 11) is 0. The predicted molar refractivity (Wildman–Crippen MR) is 101 cm³/mol. The van der Waals surface area contributed by atoms with Crippen LogP contribution in [0.15, 0.2) is 0 Å². The third kappa shape index (κ3) is 8.32. The number of hydrogen-bond donors (Lipinski definition) is 0. The molecule has 3 nitrogen and oxygen atoms in total. The average Bonchev–Trinajstić information content (AvgIpc) is 2.88. The predicted octanol–water partition coefficient (Wildman–Crippen LogP) is 1.01. The number of esters is 2. The number of ether oxygens (including phenoxy) is 1. The monoisotopic (exact) mass is 348 g/mol. The zero-order valence-corrected chi connectivity index (χ0v) is 14.7. The second-order valence-corrected chi connectivity index (χ2v) is 5.19. The Morgan fingerprint density at radius 3 is 1.67 bits per heavy atom. The SMILES string of the molecule is C#CC#CC#CC#CC#CC#CC#CC#CC(C)CC1C(=O)OC(=O)C1C. The molecule has 0 saturated carbocycles. The van der Waals surface area contributed by atoms with Crippen LogP contribution in [0.5, 0.6) is 0 Å². The van der Waals surface area contributed by atoms with Gasteiger partial charge in [0.2, 0.25) is 0 Å². The highest BCUT2D eigenvalue weighted by atomic mass is 16.6. The van der Waals surface area contributed by atoms with Crippen molar-refractivity contribution < 1.29 is 14.3 Å². The van der Waals surface area contributed by atoms with Crippen LogP contribution in [0.3, 0.4) is 0 Å². The van der Waals surface area contributed by atoms with Crippen LogP contribution in [0.2, 0.25) is 0 Å². The molecule has 0 aromatic rings. The van der Waals surface area contributed by atoms with E-state index in [9.17, 15) is 9.59 Å². The van der Waals surface area contributed by atoms with E-state index in [4.69, 9.17) is 6.42 Å². The van der Waals surface area contributed by atoms with E-state index in [0.717, 1.165) is 0 Å². The highest BCUT2D eigenvalue weighted by molar-refractivity contribution is 5.96. The number of cyclic esters (lactones) is 2. The molecule has 0 spiro atoms. The van der Waals surface area contributed by atoms with Gasteiger partial charge < -0.3 is 4.74 Å². The van der Waals surface area contributed by atoms with Gasteiger partial charge in [-0.15, -0.1) is 6.42 Å². The number of carbonyl (C=O) groups is 2. The van der Waals surface area contributed by atoms with Gasteiger partial charge in [-0.3, -0.25) is 9.59 Å². The van der Waals surface area contributed by atoms with Crippen molar-refractivity contribution in [1.82, 2.24) is 0 Å². The molecular formula is C24H12O3. The van der Waals surface area contributed by atoms with Crippen LogP contribution >= 0.6 is 0 Å². The van der Waals surface area contributed by atoms with Gasteiger partial charge in [0.15, 0.2) is 0 Å². The lowest BCUT2D eigenvalue weighted by Gasteiger charge is -2.10. The normalized spacial score (nSPS) is 16.3. The summed E-state index contributed by atoms with van der Waals surface area (Å²) in [5, 5.41) is 0. The Morgan fingerprint density at radius 1 is 0.815 bits per heavy atom. The molecule has 3 unspecified atom stereocenters. The van der Waals surface area contributed by atoms with E-state index in [2.05, 4.69) is 93.5 Å². The minimum atomic E-state index is -0.480. The van der Waals surface area contributed by atoms with E-state index in [1.165, 1.54) is 0 Å². The molecule has 1 saturated heterocycles. The van der Waals surface area contributed by atoms with Crippen molar-refractivity contribution in [2.24, 2.45) is 17.8 Å². The van der Waals surface area contributed by atoms with Gasteiger partial charge in [0.05, 0.1) is 11.8 Å². The zero-order valence-electron chi connectivity index (χ0n) is 14.7. The Kier molecular flexibility index (Phi) is 9.22. The van der Waals surface area contributed by atoms with E-state index < -0.39 is 23.8 Å². The van der Waals surface area contributed by atoms with Crippen LogP contribution < -0.4 is 0 Å². The topological polar surface area (TPSA) is 43.4 Å². The average molecular weight is 348 g/mol. The van der Waals surface area contributed by atoms with Crippen molar-refractivity contribution in [1.29, 1.82) is 0 Å². The molecule has 0 bridgehead atoms. The minimum Gasteiger partial charge on any atom is -0.393 e. The van der Waals surface area contributed by atoms with Gasteiger partial charge in [0, 0.05) is 5.92 Å². The van der Waals surface area contributed by atoms with Gasteiger partial charge >= 0.3 is 11.9 Å². The van der Waals surface area contributed by atoms with Crippen molar-refractivity contribution in [3.8, 4) is 95.2 Å². The summed E-state index contributed by atoms with van der Waals surface area (Å²) >= 11 is 0. The molecule has 3 atom stereocenters. The first kappa shape index (κ1) is 20.7. The molecule has 1 aliphatic rings. The Morgan fingerprint density at radius 2 is 1.26 bits per heavy atom. The maximum absolute atomic E-state index is 11.6. The molecule has 126 valence electrons. The van der Waals surface area contributed by atoms with Crippen molar-refractivity contribution >= 4 is 11.9 Å². The van der Waals surface area contributed by atoms with Crippen LogP contribution in [0.1, 0.15) is 20.3 Å². The largest absolute Gasteiger partial charge is 0.393 e. The third-order valence-electron chi connectivity index (χ3n) is 3.23. The number of carbonyl (C=O) groups excluding carboxylic acids is 2. The van der Waals surface area contributed by atoms with Crippen LogP contribution in [-0.4, -0.2) is 11.9 Å². The standard InChI is InChI=1S/C24H12O3/c1-4-5-6-7-8-9-10-11-12-13-14-15-16-17-18-20(2)19-22-21(3)23(25)27-24(22)26/h1,20-22H,19H2,2-3H3. The minimum absolute atomic E-state index is 0.0975. The highest BCUT2D eigenvalue weighted by Crippen LogP contribution is 2.28. The van der Waals surface area contributed by atoms with Gasteiger partial charge in [-0.2, -0.15) is 0 Å². The molecule has 0 aromatic heterocycles. The molecule has 0 N–H and O–H groups in total. The van der Waals surface area contributed by atoms with Gasteiger partial charge in [0.25, 0.3) is 0 Å². The van der Waals surface area contributed by atoms with E-state index in [1.807, 2.05) is 6.92 Å². The van der Waals surface area contributed by atoms with Crippen molar-refractivity contribution in [2.75, 3.05) is 0 Å². The van der Waals surface area contributed by atoms with Crippen LogP contribution in [0.4, 0.5) is 0 Å². The van der Waals surface area contributed by atoms with Crippen LogP contribution in [-0.2, 0) is 14.3 Å². The lowest BCUT2D eigenvalue weighted by atomic mass is 9.88. The molecular weight excluding hydrogens is 336 g/mol. The van der Waals surface area contributed by atoms with Crippen molar-refractivity contribution in [2.45, 2.75) is 20.3 Å². The quantitative estimate of drug-likeness (QED) is 0.425. The van der Waals surface area contributed by atoms with Gasteiger partial charge in [-0.1, -0.05) is 19.8 Å². The van der Waals surface area contributed by atoms with Crippen molar-refractivity contribution in [3.05, 3.63) is 0 Å². The smallest absolute Gasteiger partial charge is 0.317 e. The molecule has 1 fully saturated rings. The second-order valence-electron chi connectivity index (χ2n) is 5.19. The summed E-state index contributed by atoms with van der Waals surface area (Å²) in [5.41, 5.74) is 0. The Labute approximate surface area is 160 Å². The van der Waals surface area contributed by atoms with E-state index >= 15 is 0 Å². The first-order valence-corrected chi connectivity index (χ1v) is 7.78.